The molecule has 0 fully saturated rings. The van der Waals surface area contributed by atoms with Crippen LogP contribution in [0.1, 0.15) is 53.9 Å². The molecule has 21 heavy (non-hydrogen) atoms. The van der Waals surface area contributed by atoms with Crippen molar-refractivity contribution in [3.8, 4) is 12.3 Å². The lowest BCUT2D eigenvalue weighted by atomic mass is 9.72. The van der Waals surface area contributed by atoms with Gasteiger partial charge in [-0.15, -0.1) is 6.42 Å². The first-order chi connectivity index (χ1) is 9.68. The van der Waals surface area contributed by atoms with E-state index >= 15 is 0 Å². The Morgan fingerprint density at radius 1 is 1.43 bits per heavy atom. The van der Waals surface area contributed by atoms with Crippen LogP contribution in [-0.4, -0.2) is 10.7 Å². The summed E-state index contributed by atoms with van der Waals surface area (Å²) in [6, 6.07) is 0. The summed E-state index contributed by atoms with van der Waals surface area (Å²) in [6.45, 7) is 10.5. The lowest BCUT2D eigenvalue weighted by molar-refractivity contribution is 0.174. The van der Waals surface area contributed by atoms with Crippen molar-refractivity contribution in [1.29, 1.82) is 0 Å². The Kier molecular flexibility index (Phi) is 5.81. The number of terminal acetylenes is 1. The lowest BCUT2D eigenvalue weighted by Crippen LogP contribution is -2.19. The third-order valence-corrected chi connectivity index (χ3v) is 4.13. The van der Waals surface area contributed by atoms with E-state index in [9.17, 15) is 5.11 Å². The molecule has 1 aliphatic carbocycles. The van der Waals surface area contributed by atoms with Crippen LogP contribution in [0.5, 0.6) is 0 Å². The number of hydrogen-bond acceptors (Lipinski definition) is 1. The maximum absolute atomic E-state index is 9.70. The summed E-state index contributed by atoms with van der Waals surface area (Å²) in [7, 11) is 0. The van der Waals surface area contributed by atoms with Gasteiger partial charge in [-0.2, -0.15) is 0 Å². The standard InChI is InChI=1S/C20H28O/c1-7-20(6,21)15-8-10-16(2)12-13-18-17(3)11-9-14-19(18,4)5/h1,8,10,12-13,15,21H,9,11,14H2,2-6H3. The average molecular weight is 284 g/mol. The fourth-order valence-electron chi connectivity index (χ4n) is 2.72. The summed E-state index contributed by atoms with van der Waals surface area (Å²) < 4.78 is 0. The van der Waals surface area contributed by atoms with E-state index < -0.39 is 5.60 Å². The second-order valence-corrected chi connectivity index (χ2v) is 6.83. The van der Waals surface area contributed by atoms with Gasteiger partial charge < -0.3 is 5.11 Å². The number of hydrogen-bond donors (Lipinski definition) is 1. The van der Waals surface area contributed by atoms with Gasteiger partial charge in [-0.05, 0) is 57.1 Å². The van der Waals surface area contributed by atoms with Crippen molar-refractivity contribution in [1.82, 2.24) is 0 Å². The fourth-order valence-corrected chi connectivity index (χ4v) is 2.72. The minimum absolute atomic E-state index is 0.266. The van der Waals surface area contributed by atoms with Gasteiger partial charge in [0, 0.05) is 0 Å². The van der Waals surface area contributed by atoms with Gasteiger partial charge in [-0.25, -0.2) is 0 Å². The van der Waals surface area contributed by atoms with Gasteiger partial charge in [-0.1, -0.05) is 55.2 Å². The van der Waals surface area contributed by atoms with E-state index in [4.69, 9.17) is 6.42 Å². The minimum atomic E-state index is -1.18. The number of aliphatic hydroxyl groups is 1. The molecule has 1 N–H and O–H groups in total. The first-order valence-corrected chi connectivity index (χ1v) is 7.62. The van der Waals surface area contributed by atoms with Crippen LogP contribution in [0.3, 0.4) is 0 Å². The van der Waals surface area contributed by atoms with Gasteiger partial charge in [-0.3, -0.25) is 0 Å². The summed E-state index contributed by atoms with van der Waals surface area (Å²) in [5.41, 5.74) is 3.19. The van der Waals surface area contributed by atoms with Gasteiger partial charge in [0.1, 0.15) is 5.60 Å². The van der Waals surface area contributed by atoms with E-state index in [-0.39, 0.29) is 5.41 Å². The predicted molar refractivity (Wildman–Crippen MR) is 91.8 cm³/mol. The molecule has 0 saturated carbocycles. The van der Waals surface area contributed by atoms with Crippen LogP contribution in [0.25, 0.3) is 0 Å². The molecule has 1 aliphatic rings. The predicted octanol–water partition coefficient (Wildman–Crippen LogP) is 4.96. The van der Waals surface area contributed by atoms with Crippen molar-refractivity contribution in [3.63, 3.8) is 0 Å². The lowest BCUT2D eigenvalue weighted by Gasteiger charge is -2.32. The van der Waals surface area contributed by atoms with Crippen LogP contribution in [0.2, 0.25) is 0 Å². The topological polar surface area (TPSA) is 20.2 Å². The third kappa shape index (κ3) is 5.40. The molecule has 0 bridgehead atoms. The Morgan fingerprint density at radius 3 is 2.67 bits per heavy atom. The SMILES string of the molecule is C#CC(C)(O)C=CC=C(C)C=CC1=C(C)CCCC1(C)C. The highest BCUT2D eigenvalue weighted by Gasteiger charge is 2.26. The molecule has 1 atom stereocenters. The zero-order valence-corrected chi connectivity index (χ0v) is 14.0. The average Bonchev–Trinajstić information content (AvgIpc) is 2.37. The number of rotatable bonds is 4. The minimum Gasteiger partial charge on any atom is -0.374 e. The molecule has 0 heterocycles. The van der Waals surface area contributed by atoms with E-state index in [1.807, 2.05) is 12.2 Å². The van der Waals surface area contributed by atoms with Gasteiger partial charge >= 0.3 is 0 Å². The fraction of sp³-hybridized carbons (Fsp3) is 0.500. The molecule has 0 aliphatic heterocycles. The Morgan fingerprint density at radius 2 is 2.10 bits per heavy atom. The van der Waals surface area contributed by atoms with Crippen LogP contribution in [0, 0.1) is 17.8 Å². The van der Waals surface area contributed by atoms with Crippen LogP contribution in [0.4, 0.5) is 0 Å². The molecule has 0 radical (unpaired) electrons. The van der Waals surface area contributed by atoms with Gasteiger partial charge in [0.05, 0.1) is 0 Å². The van der Waals surface area contributed by atoms with E-state index in [2.05, 4.69) is 45.8 Å². The van der Waals surface area contributed by atoms with Crippen molar-refractivity contribution in [2.45, 2.75) is 59.5 Å². The Balaban J connectivity index is 2.83. The highest BCUT2D eigenvalue weighted by Crippen LogP contribution is 2.40. The highest BCUT2D eigenvalue weighted by molar-refractivity contribution is 5.37. The third-order valence-electron chi connectivity index (χ3n) is 4.13. The van der Waals surface area contributed by atoms with Gasteiger partial charge in [0.25, 0.3) is 0 Å². The Labute approximate surface area is 130 Å². The molecule has 0 aromatic heterocycles. The van der Waals surface area contributed by atoms with E-state index in [0.29, 0.717) is 0 Å². The van der Waals surface area contributed by atoms with Crippen molar-refractivity contribution in [3.05, 3.63) is 47.1 Å². The van der Waals surface area contributed by atoms with Gasteiger partial charge in [0.15, 0.2) is 0 Å². The van der Waals surface area contributed by atoms with Crippen molar-refractivity contribution >= 4 is 0 Å². The van der Waals surface area contributed by atoms with Crippen LogP contribution in [-0.2, 0) is 0 Å². The summed E-state index contributed by atoms with van der Waals surface area (Å²) in [5.74, 6) is 2.33. The Bertz CT molecular complexity index is 531. The van der Waals surface area contributed by atoms with E-state index in [1.54, 1.807) is 13.0 Å². The van der Waals surface area contributed by atoms with Crippen LogP contribution >= 0.6 is 0 Å². The molecule has 1 rings (SSSR count). The molecule has 1 unspecified atom stereocenters. The van der Waals surface area contributed by atoms with Crippen molar-refractivity contribution < 1.29 is 5.11 Å². The number of allylic oxidation sites excluding steroid dienone is 7. The molecule has 0 spiro atoms. The molecule has 0 aromatic rings. The van der Waals surface area contributed by atoms with Crippen molar-refractivity contribution in [2.75, 3.05) is 0 Å². The smallest absolute Gasteiger partial charge is 0.141 e. The quantitative estimate of drug-likeness (QED) is 0.571. The summed E-state index contributed by atoms with van der Waals surface area (Å²) >= 11 is 0. The second kappa shape index (κ2) is 6.96. The molecule has 0 amide bonds. The van der Waals surface area contributed by atoms with Crippen LogP contribution in [0.15, 0.2) is 47.1 Å². The largest absolute Gasteiger partial charge is 0.374 e. The van der Waals surface area contributed by atoms with Crippen LogP contribution < -0.4 is 0 Å². The Hall–Kier alpha value is -1.52. The molecule has 0 aromatic carbocycles. The monoisotopic (exact) mass is 284 g/mol. The molecule has 114 valence electrons. The second-order valence-electron chi connectivity index (χ2n) is 6.83. The summed E-state index contributed by atoms with van der Waals surface area (Å²) in [6.07, 6.45) is 18.8. The molecule has 1 heteroatoms. The molecule has 1 nitrogen and oxygen atoms in total. The summed E-state index contributed by atoms with van der Waals surface area (Å²) in [4.78, 5) is 0. The van der Waals surface area contributed by atoms with Gasteiger partial charge in [0.2, 0.25) is 0 Å². The molecular weight excluding hydrogens is 256 g/mol. The van der Waals surface area contributed by atoms with Crippen molar-refractivity contribution in [2.24, 2.45) is 5.41 Å². The molecular formula is C20H28O. The van der Waals surface area contributed by atoms with E-state index in [0.717, 1.165) is 5.57 Å². The molecule has 0 saturated heterocycles. The maximum atomic E-state index is 9.70. The summed E-state index contributed by atoms with van der Waals surface area (Å²) in [5, 5.41) is 9.70. The normalized spacial score (nSPS) is 22.6. The zero-order valence-electron chi connectivity index (χ0n) is 14.0. The maximum Gasteiger partial charge on any atom is 0.141 e. The first-order valence-electron chi connectivity index (χ1n) is 7.62. The zero-order chi connectivity index (χ0) is 16.1. The van der Waals surface area contributed by atoms with E-state index in [1.165, 1.54) is 30.4 Å². The highest BCUT2D eigenvalue weighted by atomic mass is 16.3. The first kappa shape index (κ1) is 17.5.